The summed E-state index contributed by atoms with van der Waals surface area (Å²) in [6.45, 7) is 4.76. The molecule has 0 bridgehead atoms. The van der Waals surface area contributed by atoms with E-state index in [1.54, 1.807) is 6.33 Å². The third-order valence-corrected chi connectivity index (χ3v) is 6.43. The van der Waals surface area contributed by atoms with Crippen molar-refractivity contribution < 1.29 is 9.66 Å². The Morgan fingerprint density at radius 3 is 2.53 bits per heavy atom. The van der Waals surface area contributed by atoms with E-state index in [2.05, 4.69) is 42.4 Å². The highest BCUT2D eigenvalue weighted by atomic mass is 32.2. The maximum absolute atomic E-state index is 11.8. The fourth-order valence-electron chi connectivity index (χ4n) is 3.49. The Kier molecular flexibility index (Phi) is 9.16. The first-order chi connectivity index (χ1) is 14.7. The zero-order chi connectivity index (χ0) is 21.2. The molecule has 1 aliphatic heterocycles. The molecule has 0 amide bonds. The summed E-state index contributed by atoms with van der Waals surface area (Å²) in [5, 5.41) is 15.6. The lowest BCUT2D eigenvalue weighted by Gasteiger charge is -2.29. The minimum Gasteiger partial charge on any atom is -0.616 e. The summed E-state index contributed by atoms with van der Waals surface area (Å²) in [5.41, 5.74) is 1.36. The number of aliphatic hydroxyl groups excluding tert-OH is 1. The van der Waals surface area contributed by atoms with E-state index in [-0.39, 0.29) is 6.61 Å². The smallest absolute Gasteiger partial charge is 0.225 e. The number of unbranched alkanes of at least 4 members (excludes halogenated alkanes) is 5. The van der Waals surface area contributed by atoms with E-state index in [0.717, 1.165) is 18.8 Å². The van der Waals surface area contributed by atoms with Crippen LogP contribution in [-0.4, -0.2) is 73.9 Å². The number of aliphatic hydroxyl groups is 1. The maximum atomic E-state index is 11.8. The van der Waals surface area contributed by atoms with Crippen LogP contribution in [0.15, 0.2) is 6.33 Å². The predicted molar refractivity (Wildman–Crippen MR) is 123 cm³/mol. The van der Waals surface area contributed by atoms with Gasteiger partial charge in [-0.3, -0.25) is 0 Å². The Bertz CT molecular complexity index is 787. The molecule has 0 atom stereocenters. The van der Waals surface area contributed by atoms with Gasteiger partial charge in [0.25, 0.3) is 0 Å². The topological polar surface area (TPSA) is 122 Å². The average molecular weight is 436 g/mol. The fraction of sp³-hybridized carbons (Fsp3) is 0.700. The molecule has 9 nitrogen and oxygen atoms in total. The van der Waals surface area contributed by atoms with Crippen LogP contribution in [0.5, 0.6) is 0 Å². The van der Waals surface area contributed by atoms with Crippen molar-refractivity contribution in [2.24, 2.45) is 0 Å². The van der Waals surface area contributed by atoms with Crippen LogP contribution in [0.25, 0.3) is 11.0 Å². The van der Waals surface area contributed by atoms with Gasteiger partial charge in [-0.15, -0.1) is 0 Å². The van der Waals surface area contributed by atoms with E-state index in [0.29, 0.717) is 53.9 Å². The summed E-state index contributed by atoms with van der Waals surface area (Å²) in [6.07, 6.45) is 8.94. The third-order valence-electron chi connectivity index (χ3n) is 5.16. The maximum Gasteiger partial charge on any atom is 0.225 e. The third kappa shape index (κ3) is 6.29. The van der Waals surface area contributed by atoms with Gasteiger partial charge in [0.05, 0.1) is 19.7 Å². The van der Waals surface area contributed by atoms with Crippen LogP contribution < -0.4 is 15.5 Å². The highest BCUT2D eigenvalue weighted by Crippen LogP contribution is 2.28. The standard InChI is InChI=1S/C20H33N7O2S/c1-2-3-4-5-6-7-8-21-18-16-17(23-15-24-18)19(26-20(25-16)22-9-12-28)27-10-13-30(29)14-11-27/h15,28H,2-14H2,1H3,(H,21,23,24)(H,22,25,26). The molecule has 3 N–H and O–H groups in total. The van der Waals surface area contributed by atoms with Gasteiger partial charge >= 0.3 is 0 Å². The lowest BCUT2D eigenvalue weighted by atomic mass is 10.1. The second kappa shape index (κ2) is 12.1. The summed E-state index contributed by atoms with van der Waals surface area (Å²) < 4.78 is 11.8. The van der Waals surface area contributed by atoms with Crippen LogP contribution in [0.4, 0.5) is 17.6 Å². The molecule has 2 aromatic rings. The van der Waals surface area contributed by atoms with Crippen LogP contribution in [0, 0.1) is 0 Å². The minimum atomic E-state index is -0.771. The van der Waals surface area contributed by atoms with Crippen LogP contribution in [0.3, 0.4) is 0 Å². The molecule has 1 fully saturated rings. The van der Waals surface area contributed by atoms with Crippen molar-refractivity contribution in [3.63, 3.8) is 0 Å². The molecule has 0 aromatic carbocycles. The second-order valence-corrected chi connectivity index (χ2v) is 9.17. The molecular weight excluding hydrogens is 402 g/mol. The first-order valence-electron chi connectivity index (χ1n) is 10.9. The van der Waals surface area contributed by atoms with Crippen LogP contribution >= 0.6 is 0 Å². The van der Waals surface area contributed by atoms with Crippen molar-refractivity contribution in [1.29, 1.82) is 0 Å². The molecule has 0 radical (unpaired) electrons. The van der Waals surface area contributed by atoms with Crippen molar-refractivity contribution in [2.45, 2.75) is 45.4 Å². The average Bonchev–Trinajstić information content (AvgIpc) is 2.77. The zero-order valence-electron chi connectivity index (χ0n) is 17.8. The molecule has 2 aromatic heterocycles. The monoisotopic (exact) mass is 435 g/mol. The van der Waals surface area contributed by atoms with Gasteiger partial charge in [0.15, 0.2) is 11.6 Å². The Morgan fingerprint density at radius 2 is 1.77 bits per heavy atom. The van der Waals surface area contributed by atoms with Gasteiger partial charge in [0.1, 0.15) is 28.9 Å². The number of rotatable bonds is 12. The second-order valence-electron chi connectivity index (χ2n) is 7.47. The normalized spacial score (nSPS) is 15.0. The first-order valence-corrected chi connectivity index (χ1v) is 12.4. The number of nitrogens with zero attached hydrogens (tertiary/aromatic N) is 5. The number of hydrogen-bond donors (Lipinski definition) is 3. The van der Waals surface area contributed by atoms with Crippen molar-refractivity contribution in [2.75, 3.05) is 59.8 Å². The highest BCUT2D eigenvalue weighted by Gasteiger charge is 2.24. The van der Waals surface area contributed by atoms with E-state index < -0.39 is 11.2 Å². The van der Waals surface area contributed by atoms with Gasteiger partial charge in [0.2, 0.25) is 5.95 Å². The Labute approximate surface area is 181 Å². The molecule has 1 aliphatic rings. The summed E-state index contributed by atoms with van der Waals surface area (Å²) in [5.74, 6) is 3.11. The molecule has 0 unspecified atom stereocenters. The van der Waals surface area contributed by atoms with Crippen molar-refractivity contribution >= 4 is 39.8 Å². The van der Waals surface area contributed by atoms with E-state index in [4.69, 9.17) is 5.11 Å². The Hall–Kier alpha value is -1.91. The molecule has 30 heavy (non-hydrogen) atoms. The molecule has 0 saturated carbocycles. The zero-order valence-corrected chi connectivity index (χ0v) is 18.6. The highest BCUT2D eigenvalue weighted by molar-refractivity contribution is 7.91. The van der Waals surface area contributed by atoms with Gasteiger partial charge in [-0.1, -0.05) is 50.2 Å². The number of fused-ring (bicyclic) bond motifs is 1. The summed E-state index contributed by atoms with van der Waals surface area (Å²) in [4.78, 5) is 20.3. The summed E-state index contributed by atoms with van der Waals surface area (Å²) >= 11 is -0.771. The quantitative estimate of drug-likeness (QED) is 0.340. The SMILES string of the molecule is CCCCCCCCNc1ncnc2c(N3CC[S+]([O-])CC3)nc(NCCO)nc12. The lowest BCUT2D eigenvalue weighted by molar-refractivity contribution is 0.311. The summed E-state index contributed by atoms with van der Waals surface area (Å²) in [7, 11) is 0. The molecule has 1 saturated heterocycles. The van der Waals surface area contributed by atoms with Gasteiger partial charge in [0, 0.05) is 13.1 Å². The van der Waals surface area contributed by atoms with Crippen molar-refractivity contribution in [1.82, 2.24) is 19.9 Å². The van der Waals surface area contributed by atoms with E-state index in [1.807, 2.05) is 0 Å². The molecule has 0 spiro atoms. The van der Waals surface area contributed by atoms with Gasteiger partial charge in [-0.25, -0.2) is 15.0 Å². The molecular formula is C20H33N7O2S. The molecule has 166 valence electrons. The number of hydrogen-bond acceptors (Lipinski definition) is 9. The number of anilines is 3. The minimum absolute atomic E-state index is 0.00610. The van der Waals surface area contributed by atoms with Gasteiger partial charge in [-0.05, 0) is 6.42 Å². The van der Waals surface area contributed by atoms with E-state index in [9.17, 15) is 4.55 Å². The molecule has 3 heterocycles. The molecule has 0 aliphatic carbocycles. The number of aromatic nitrogens is 4. The first kappa shape index (κ1) is 22.8. The largest absolute Gasteiger partial charge is 0.616 e. The van der Waals surface area contributed by atoms with Gasteiger partial charge < -0.3 is 25.2 Å². The number of nitrogens with one attached hydrogen (secondary N) is 2. The molecule has 10 heteroatoms. The van der Waals surface area contributed by atoms with Crippen molar-refractivity contribution in [3.8, 4) is 0 Å². The Morgan fingerprint density at radius 1 is 1.00 bits per heavy atom. The van der Waals surface area contributed by atoms with Gasteiger partial charge in [-0.2, -0.15) is 4.98 Å². The van der Waals surface area contributed by atoms with Crippen LogP contribution in [0.2, 0.25) is 0 Å². The predicted octanol–water partition coefficient (Wildman–Crippen LogP) is 2.17. The lowest BCUT2D eigenvalue weighted by Crippen LogP contribution is -2.41. The van der Waals surface area contributed by atoms with E-state index >= 15 is 0 Å². The van der Waals surface area contributed by atoms with Crippen LogP contribution in [-0.2, 0) is 11.2 Å². The van der Waals surface area contributed by atoms with E-state index in [1.165, 1.54) is 32.1 Å². The van der Waals surface area contributed by atoms with Crippen LogP contribution in [0.1, 0.15) is 45.4 Å². The summed E-state index contributed by atoms with van der Waals surface area (Å²) in [6, 6.07) is 0. The molecule has 3 rings (SSSR count). The Balaban J connectivity index is 1.77. The van der Waals surface area contributed by atoms with Crippen molar-refractivity contribution in [3.05, 3.63) is 6.33 Å². The fourth-order valence-corrected chi connectivity index (χ4v) is 4.54.